The van der Waals surface area contributed by atoms with Crippen LogP contribution in [0.15, 0.2) is 59.6 Å². The topological polar surface area (TPSA) is 59.6 Å². The zero-order valence-electron chi connectivity index (χ0n) is 12.9. The van der Waals surface area contributed by atoms with Crippen LogP contribution in [0.25, 0.3) is 0 Å². The van der Waals surface area contributed by atoms with E-state index >= 15 is 0 Å². The lowest BCUT2D eigenvalue weighted by molar-refractivity contribution is -0.153. The van der Waals surface area contributed by atoms with Gasteiger partial charge in [0.05, 0.1) is 6.54 Å². The molecule has 2 aromatic rings. The number of nitrogens with zero attached hydrogens (tertiary/aromatic N) is 1. The Kier molecular flexibility index (Phi) is 6.06. The number of alkyl halides is 3. The van der Waals surface area contributed by atoms with Gasteiger partial charge in [-0.15, -0.1) is 0 Å². The van der Waals surface area contributed by atoms with E-state index in [2.05, 4.69) is 15.0 Å². The van der Waals surface area contributed by atoms with Gasteiger partial charge >= 0.3 is 6.18 Å². The SMILES string of the molecule is NC(=NCc1ccccc1)NCc1ccc(OCC(F)(F)F)cc1. The second-order valence-electron chi connectivity index (χ2n) is 5.09. The Hall–Kier alpha value is -2.70. The number of halogens is 3. The van der Waals surface area contributed by atoms with Crippen molar-refractivity contribution in [2.24, 2.45) is 10.7 Å². The molecular weight excluding hydrogens is 319 g/mol. The predicted molar refractivity (Wildman–Crippen MR) is 86.6 cm³/mol. The lowest BCUT2D eigenvalue weighted by atomic mass is 10.2. The van der Waals surface area contributed by atoms with E-state index in [9.17, 15) is 13.2 Å². The van der Waals surface area contributed by atoms with E-state index in [0.29, 0.717) is 19.0 Å². The van der Waals surface area contributed by atoms with Crippen molar-refractivity contribution in [3.63, 3.8) is 0 Å². The molecule has 0 saturated heterocycles. The monoisotopic (exact) mass is 337 g/mol. The third-order valence-corrected chi connectivity index (χ3v) is 3.07. The lowest BCUT2D eigenvalue weighted by Gasteiger charge is -2.10. The molecule has 0 unspecified atom stereocenters. The minimum Gasteiger partial charge on any atom is -0.484 e. The van der Waals surface area contributed by atoms with Crippen LogP contribution in [0.4, 0.5) is 13.2 Å². The average Bonchev–Trinajstić information content (AvgIpc) is 2.57. The zero-order chi connectivity index (χ0) is 17.4. The maximum atomic E-state index is 12.1. The normalized spacial score (nSPS) is 12.0. The highest BCUT2D eigenvalue weighted by atomic mass is 19.4. The van der Waals surface area contributed by atoms with Crippen molar-refractivity contribution in [2.45, 2.75) is 19.3 Å². The van der Waals surface area contributed by atoms with Gasteiger partial charge in [0, 0.05) is 6.54 Å². The van der Waals surface area contributed by atoms with Crippen LogP contribution in [-0.4, -0.2) is 18.7 Å². The summed E-state index contributed by atoms with van der Waals surface area (Å²) in [5.41, 5.74) is 7.69. The Morgan fingerprint density at radius 2 is 1.67 bits per heavy atom. The zero-order valence-corrected chi connectivity index (χ0v) is 12.9. The van der Waals surface area contributed by atoms with Gasteiger partial charge in [0.2, 0.25) is 0 Å². The van der Waals surface area contributed by atoms with Crippen molar-refractivity contribution < 1.29 is 17.9 Å². The highest BCUT2D eigenvalue weighted by Gasteiger charge is 2.28. The lowest BCUT2D eigenvalue weighted by Crippen LogP contribution is -2.31. The molecule has 2 aromatic carbocycles. The van der Waals surface area contributed by atoms with Crippen molar-refractivity contribution >= 4 is 5.96 Å². The molecule has 7 heteroatoms. The first kappa shape index (κ1) is 17.7. The number of hydrogen-bond donors (Lipinski definition) is 2. The van der Waals surface area contributed by atoms with Crippen LogP contribution in [0.1, 0.15) is 11.1 Å². The van der Waals surface area contributed by atoms with Crippen molar-refractivity contribution in [2.75, 3.05) is 6.61 Å². The first-order chi connectivity index (χ1) is 11.4. The third kappa shape index (κ3) is 6.60. The van der Waals surface area contributed by atoms with Gasteiger partial charge in [-0.05, 0) is 23.3 Å². The molecule has 0 spiro atoms. The molecule has 4 nitrogen and oxygen atoms in total. The largest absolute Gasteiger partial charge is 0.484 e. The van der Waals surface area contributed by atoms with E-state index in [4.69, 9.17) is 5.73 Å². The number of aliphatic imine (C=N–C) groups is 1. The Labute approximate surface area is 138 Å². The molecule has 0 aliphatic rings. The van der Waals surface area contributed by atoms with Crippen LogP contribution in [-0.2, 0) is 13.1 Å². The van der Waals surface area contributed by atoms with Crippen LogP contribution < -0.4 is 15.8 Å². The fraction of sp³-hybridized carbons (Fsp3) is 0.235. The minimum absolute atomic E-state index is 0.168. The van der Waals surface area contributed by atoms with E-state index < -0.39 is 12.8 Å². The number of benzene rings is 2. The van der Waals surface area contributed by atoms with Crippen molar-refractivity contribution in [1.29, 1.82) is 0 Å². The van der Waals surface area contributed by atoms with Gasteiger partial charge in [0.25, 0.3) is 0 Å². The Morgan fingerprint density at radius 3 is 2.29 bits per heavy atom. The van der Waals surface area contributed by atoms with Crippen molar-refractivity contribution in [1.82, 2.24) is 5.32 Å². The number of nitrogens with one attached hydrogen (secondary N) is 1. The van der Waals surface area contributed by atoms with E-state index in [1.165, 1.54) is 12.1 Å². The maximum Gasteiger partial charge on any atom is 0.422 e. The van der Waals surface area contributed by atoms with Crippen LogP contribution in [0.3, 0.4) is 0 Å². The van der Waals surface area contributed by atoms with Crippen LogP contribution in [0, 0.1) is 0 Å². The molecule has 0 radical (unpaired) electrons. The molecule has 0 saturated carbocycles. The van der Waals surface area contributed by atoms with Gasteiger partial charge in [0.1, 0.15) is 5.75 Å². The summed E-state index contributed by atoms with van der Waals surface area (Å²) >= 11 is 0. The minimum atomic E-state index is -4.34. The molecule has 24 heavy (non-hydrogen) atoms. The van der Waals surface area contributed by atoms with Gasteiger partial charge in [-0.25, -0.2) is 4.99 Å². The Balaban J connectivity index is 1.79. The molecule has 0 aliphatic carbocycles. The fourth-order valence-electron chi connectivity index (χ4n) is 1.88. The third-order valence-electron chi connectivity index (χ3n) is 3.07. The summed E-state index contributed by atoms with van der Waals surface area (Å²) in [6.07, 6.45) is -4.34. The first-order valence-electron chi connectivity index (χ1n) is 7.28. The van der Waals surface area contributed by atoms with Crippen molar-refractivity contribution in [3.05, 3.63) is 65.7 Å². The summed E-state index contributed by atoms with van der Waals surface area (Å²) in [4.78, 5) is 4.22. The average molecular weight is 337 g/mol. The van der Waals surface area contributed by atoms with Crippen LogP contribution in [0.2, 0.25) is 0 Å². The Bertz CT molecular complexity index is 655. The summed E-state index contributed by atoms with van der Waals surface area (Å²) in [6, 6.07) is 16.0. The molecule has 0 amide bonds. The van der Waals surface area contributed by atoms with E-state index in [1.807, 2.05) is 30.3 Å². The molecule has 0 aromatic heterocycles. The summed E-state index contributed by atoms with van der Waals surface area (Å²) in [5.74, 6) is 0.470. The highest BCUT2D eigenvalue weighted by molar-refractivity contribution is 5.77. The van der Waals surface area contributed by atoms with E-state index in [-0.39, 0.29) is 5.75 Å². The predicted octanol–water partition coefficient (Wildman–Crippen LogP) is 3.23. The summed E-state index contributed by atoms with van der Waals surface area (Å²) in [6.45, 7) is -0.406. The number of hydrogen-bond acceptors (Lipinski definition) is 2. The Morgan fingerprint density at radius 1 is 1.00 bits per heavy atom. The van der Waals surface area contributed by atoms with Crippen LogP contribution >= 0.6 is 0 Å². The number of guanidine groups is 1. The van der Waals surface area contributed by atoms with Gasteiger partial charge in [-0.3, -0.25) is 0 Å². The molecule has 2 rings (SSSR count). The highest BCUT2D eigenvalue weighted by Crippen LogP contribution is 2.18. The molecule has 3 N–H and O–H groups in total. The van der Waals surface area contributed by atoms with Crippen LogP contribution in [0.5, 0.6) is 5.75 Å². The molecule has 0 bridgehead atoms. The quantitative estimate of drug-likeness (QED) is 0.628. The molecule has 0 fully saturated rings. The summed E-state index contributed by atoms with van der Waals surface area (Å²) < 4.78 is 40.8. The van der Waals surface area contributed by atoms with Crippen molar-refractivity contribution in [3.8, 4) is 5.75 Å². The fourth-order valence-corrected chi connectivity index (χ4v) is 1.88. The number of rotatable bonds is 6. The number of nitrogens with two attached hydrogens (primary N) is 1. The van der Waals surface area contributed by atoms with Gasteiger partial charge in [0.15, 0.2) is 12.6 Å². The molecule has 0 heterocycles. The smallest absolute Gasteiger partial charge is 0.422 e. The molecule has 0 atom stereocenters. The second kappa shape index (κ2) is 8.24. The molecule has 128 valence electrons. The summed E-state index contributed by atoms with van der Waals surface area (Å²) in [5, 5.41) is 2.95. The van der Waals surface area contributed by atoms with Gasteiger partial charge < -0.3 is 15.8 Å². The van der Waals surface area contributed by atoms with E-state index in [0.717, 1.165) is 11.1 Å². The molecular formula is C17H18F3N3O. The van der Waals surface area contributed by atoms with Gasteiger partial charge in [-0.1, -0.05) is 42.5 Å². The molecule has 0 aliphatic heterocycles. The second-order valence-corrected chi connectivity index (χ2v) is 5.09. The maximum absolute atomic E-state index is 12.1. The summed E-state index contributed by atoms with van der Waals surface area (Å²) in [7, 11) is 0. The van der Waals surface area contributed by atoms with E-state index in [1.54, 1.807) is 12.1 Å². The standard InChI is InChI=1S/C17H18F3N3O/c18-17(19,20)12-24-15-8-6-14(7-9-15)11-23-16(21)22-10-13-4-2-1-3-5-13/h1-9H,10-12H2,(H3,21,22,23). The van der Waals surface area contributed by atoms with Gasteiger partial charge in [-0.2, -0.15) is 13.2 Å². The number of ether oxygens (including phenoxy) is 1. The first-order valence-corrected chi connectivity index (χ1v) is 7.28.